The minimum Gasteiger partial charge on any atom is -0.376 e. The van der Waals surface area contributed by atoms with E-state index in [1.807, 2.05) is 6.92 Å². The molecular formula is C18H19FN2O4S. The Morgan fingerprint density at radius 2 is 1.96 bits per heavy atom. The van der Waals surface area contributed by atoms with Gasteiger partial charge < -0.3 is 10.1 Å². The van der Waals surface area contributed by atoms with Gasteiger partial charge in [-0.2, -0.15) is 4.31 Å². The molecule has 26 heavy (non-hydrogen) atoms. The summed E-state index contributed by atoms with van der Waals surface area (Å²) in [7, 11) is -3.63. The van der Waals surface area contributed by atoms with Crippen molar-refractivity contribution in [2.24, 2.45) is 0 Å². The lowest BCUT2D eigenvalue weighted by atomic mass is 10.2. The van der Waals surface area contributed by atoms with Gasteiger partial charge in [-0.15, -0.1) is 0 Å². The van der Waals surface area contributed by atoms with Gasteiger partial charge in [0.1, 0.15) is 5.82 Å². The van der Waals surface area contributed by atoms with E-state index >= 15 is 0 Å². The van der Waals surface area contributed by atoms with E-state index in [2.05, 4.69) is 5.32 Å². The Labute approximate surface area is 151 Å². The number of amides is 1. The maximum Gasteiger partial charge on any atom is 0.255 e. The summed E-state index contributed by atoms with van der Waals surface area (Å²) in [6, 6.07) is 11.2. The average Bonchev–Trinajstić information content (AvgIpc) is 2.62. The molecule has 0 bridgehead atoms. The van der Waals surface area contributed by atoms with Crippen LogP contribution >= 0.6 is 0 Å². The number of hydrogen-bond donors (Lipinski definition) is 1. The topological polar surface area (TPSA) is 75.7 Å². The first-order valence-electron chi connectivity index (χ1n) is 8.15. The smallest absolute Gasteiger partial charge is 0.255 e. The summed E-state index contributed by atoms with van der Waals surface area (Å²) in [5.74, 6) is -0.900. The third-order valence-electron chi connectivity index (χ3n) is 4.04. The summed E-state index contributed by atoms with van der Waals surface area (Å²) in [6.45, 7) is 2.77. The number of nitrogens with zero attached hydrogens (tertiary/aromatic N) is 1. The van der Waals surface area contributed by atoms with Gasteiger partial charge >= 0.3 is 0 Å². The molecule has 138 valence electrons. The molecule has 1 N–H and O–H groups in total. The lowest BCUT2D eigenvalue weighted by Crippen LogP contribution is -2.44. The van der Waals surface area contributed by atoms with E-state index in [-0.39, 0.29) is 16.6 Å². The number of benzene rings is 2. The largest absolute Gasteiger partial charge is 0.376 e. The predicted octanol–water partition coefficient (Wildman–Crippen LogP) is 2.49. The van der Waals surface area contributed by atoms with E-state index in [0.717, 1.165) is 0 Å². The zero-order valence-electron chi connectivity index (χ0n) is 14.2. The van der Waals surface area contributed by atoms with Crippen LogP contribution in [-0.4, -0.2) is 44.4 Å². The van der Waals surface area contributed by atoms with Crippen molar-refractivity contribution in [3.05, 3.63) is 59.9 Å². The van der Waals surface area contributed by atoms with Gasteiger partial charge in [-0.25, -0.2) is 12.8 Å². The highest BCUT2D eigenvalue weighted by Crippen LogP contribution is 2.20. The minimum atomic E-state index is -3.63. The highest BCUT2D eigenvalue weighted by molar-refractivity contribution is 7.89. The maximum atomic E-state index is 13.2. The van der Waals surface area contributed by atoms with Crippen LogP contribution in [0.15, 0.2) is 53.4 Å². The molecule has 0 saturated carbocycles. The van der Waals surface area contributed by atoms with Crippen LogP contribution in [0.1, 0.15) is 17.3 Å². The molecule has 1 saturated heterocycles. The number of morpholine rings is 1. The highest BCUT2D eigenvalue weighted by Gasteiger charge is 2.29. The second-order valence-electron chi connectivity index (χ2n) is 6.03. The van der Waals surface area contributed by atoms with E-state index < -0.39 is 21.7 Å². The van der Waals surface area contributed by atoms with Gasteiger partial charge in [0, 0.05) is 24.3 Å². The SMILES string of the molecule is CC1CN(S(=O)(=O)c2ccc(C(=O)Nc3cccc(F)c3)cc2)CCO1. The Balaban J connectivity index is 1.74. The minimum absolute atomic E-state index is 0.119. The summed E-state index contributed by atoms with van der Waals surface area (Å²) in [6.07, 6.45) is -0.158. The first-order valence-corrected chi connectivity index (χ1v) is 9.59. The Morgan fingerprint density at radius 3 is 2.62 bits per heavy atom. The summed E-state index contributed by atoms with van der Waals surface area (Å²) < 4.78 is 45.3. The fourth-order valence-corrected chi connectivity index (χ4v) is 4.20. The highest BCUT2D eigenvalue weighted by atomic mass is 32.2. The molecule has 2 aromatic rings. The molecule has 1 atom stereocenters. The number of carbonyl (C=O) groups excluding carboxylic acids is 1. The second-order valence-corrected chi connectivity index (χ2v) is 7.97. The van der Waals surface area contributed by atoms with Crippen molar-refractivity contribution >= 4 is 21.6 Å². The third kappa shape index (κ3) is 4.09. The fourth-order valence-electron chi connectivity index (χ4n) is 2.70. The monoisotopic (exact) mass is 378 g/mol. The molecule has 3 rings (SSSR count). The lowest BCUT2D eigenvalue weighted by molar-refractivity contribution is 0.0102. The van der Waals surface area contributed by atoms with Gasteiger partial charge in [0.2, 0.25) is 10.0 Å². The molecule has 1 amide bonds. The van der Waals surface area contributed by atoms with Crippen molar-refractivity contribution in [3.8, 4) is 0 Å². The number of carbonyl (C=O) groups is 1. The number of halogens is 1. The summed E-state index contributed by atoms with van der Waals surface area (Å²) in [5.41, 5.74) is 0.609. The number of hydrogen-bond acceptors (Lipinski definition) is 4. The van der Waals surface area contributed by atoms with Gasteiger partial charge in [-0.3, -0.25) is 4.79 Å². The molecule has 0 aliphatic carbocycles. The van der Waals surface area contributed by atoms with Crippen LogP contribution in [0.25, 0.3) is 0 Å². The average molecular weight is 378 g/mol. The molecule has 6 nitrogen and oxygen atoms in total. The summed E-state index contributed by atoms with van der Waals surface area (Å²) >= 11 is 0. The fraction of sp³-hybridized carbons (Fsp3) is 0.278. The molecule has 1 fully saturated rings. The van der Waals surface area contributed by atoms with Crippen molar-refractivity contribution in [2.45, 2.75) is 17.9 Å². The normalized spacial score (nSPS) is 18.5. The molecule has 8 heteroatoms. The standard InChI is InChI=1S/C18H19FN2O4S/c1-13-12-21(9-10-25-13)26(23,24)17-7-5-14(6-8-17)18(22)20-16-4-2-3-15(19)11-16/h2-8,11,13H,9-10,12H2,1H3,(H,20,22). The van der Waals surface area contributed by atoms with Crippen LogP contribution in [-0.2, 0) is 14.8 Å². The number of nitrogens with one attached hydrogen (secondary N) is 1. The van der Waals surface area contributed by atoms with E-state index in [1.165, 1.54) is 46.8 Å². The van der Waals surface area contributed by atoms with Crippen molar-refractivity contribution in [2.75, 3.05) is 25.0 Å². The van der Waals surface area contributed by atoms with Gasteiger partial charge in [-0.1, -0.05) is 6.07 Å². The van der Waals surface area contributed by atoms with Gasteiger partial charge in [0.25, 0.3) is 5.91 Å². The first-order chi connectivity index (χ1) is 12.4. The predicted molar refractivity (Wildman–Crippen MR) is 95.0 cm³/mol. The van der Waals surface area contributed by atoms with E-state index in [1.54, 1.807) is 6.07 Å². The molecule has 1 aliphatic rings. The van der Waals surface area contributed by atoms with E-state index in [4.69, 9.17) is 4.74 Å². The molecule has 1 aliphatic heterocycles. The third-order valence-corrected chi connectivity index (χ3v) is 5.92. The first kappa shape index (κ1) is 18.5. The molecular weight excluding hydrogens is 359 g/mol. The molecule has 2 aromatic carbocycles. The molecule has 0 radical (unpaired) electrons. The summed E-state index contributed by atoms with van der Waals surface area (Å²) in [4.78, 5) is 12.3. The van der Waals surface area contributed by atoms with Crippen molar-refractivity contribution in [3.63, 3.8) is 0 Å². The van der Waals surface area contributed by atoms with Crippen molar-refractivity contribution in [1.82, 2.24) is 4.31 Å². The van der Waals surface area contributed by atoms with Crippen LogP contribution in [0.2, 0.25) is 0 Å². The van der Waals surface area contributed by atoms with Crippen molar-refractivity contribution < 1.29 is 22.3 Å². The van der Waals surface area contributed by atoms with Crippen LogP contribution in [0.3, 0.4) is 0 Å². The lowest BCUT2D eigenvalue weighted by Gasteiger charge is -2.30. The van der Waals surface area contributed by atoms with Crippen LogP contribution in [0.4, 0.5) is 10.1 Å². The zero-order chi connectivity index (χ0) is 18.7. The van der Waals surface area contributed by atoms with Gasteiger partial charge in [0.05, 0.1) is 17.6 Å². The van der Waals surface area contributed by atoms with Crippen LogP contribution in [0, 0.1) is 5.82 Å². The Bertz CT molecular complexity index is 900. The van der Waals surface area contributed by atoms with Crippen LogP contribution in [0.5, 0.6) is 0 Å². The second kappa shape index (κ2) is 7.53. The Morgan fingerprint density at radius 1 is 1.23 bits per heavy atom. The Kier molecular flexibility index (Phi) is 5.36. The van der Waals surface area contributed by atoms with Gasteiger partial charge in [0.15, 0.2) is 0 Å². The Hall–Kier alpha value is -2.29. The van der Waals surface area contributed by atoms with Gasteiger partial charge in [-0.05, 0) is 49.4 Å². The zero-order valence-corrected chi connectivity index (χ0v) is 15.0. The van der Waals surface area contributed by atoms with E-state index in [9.17, 15) is 17.6 Å². The summed E-state index contributed by atoms with van der Waals surface area (Å²) in [5, 5.41) is 2.57. The molecule has 0 spiro atoms. The van der Waals surface area contributed by atoms with Crippen molar-refractivity contribution in [1.29, 1.82) is 0 Å². The molecule has 0 aromatic heterocycles. The maximum absolute atomic E-state index is 13.2. The van der Waals surface area contributed by atoms with Crippen LogP contribution < -0.4 is 5.32 Å². The quantitative estimate of drug-likeness (QED) is 0.887. The number of ether oxygens (including phenoxy) is 1. The number of rotatable bonds is 4. The molecule has 1 heterocycles. The number of sulfonamides is 1. The molecule has 1 unspecified atom stereocenters. The number of anilines is 1. The van der Waals surface area contributed by atoms with E-state index in [0.29, 0.717) is 25.4 Å².